The molecule has 2 aromatic heterocycles. The van der Waals surface area contributed by atoms with Gasteiger partial charge >= 0.3 is 0 Å². The van der Waals surface area contributed by atoms with E-state index < -0.39 is 0 Å². The van der Waals surface area contributed by atoms with Gasteiger partial charge in [-0.05, 0) is 37.1 Å². The maximum Gasteiger partial charge on any atom is 0.159 e. The first-order valence-electron chi connectivity index (χ1n) is 5.61. The van der Waals surface area contributed by atoms with E-state index in [2.05, 4.69) is 29.0 Å². The molecule has 0 bridgehead atoms. The predicted molar refractivity (Wildman–Crippen MR) is 62.8 cm³/mol. The Kier molecular flexibility index (Phi) is 3.28. The molecule has 2 rings (SSSR count). The van der Waals surface area contributed by atoms with Gasteiger partial charge in [0, 0.05) is 17.3 Å². The molecule has 0 aromatic carbocycles. The monoisotopic (exact) mass is 200 g/mol. The quantitative estimate of drug-likeness (QED) is 0.707. The van der Waals surface area contributed by atoms with E-state index in [-0.39, 0.29) is 0 Å². The van der Waals surface area contributed by atoms with Gasteiger partial charge in [-0.25, -0.2) is 9.97 Å². The zero-order valence-corrected chi connectivity index (χ0v) is 9.11. The molecule has 2 aromatic rings. The lowest BCUT2D eigenvalue weighted by atomic mass is 10.1. The second-order valence-electron chi connectivity index (χ2n) is 3.81. The van der Waals surface area contributed by atoms with Crippen LogP contribution in [0.1, 0.15) is 31.9 Å². The Balaban J connectivity index is 2.16. The SMILES string of the molecule is CCCCCc1ccc2cccnc2n1. The van der Waals surface area contributed by atoms with Crippen LogP contribution in [-0.2, 0) is 6.42 Å². The third kappa shape index (κ3) is 2.52. The highest BCUT2D eigenvalue weighted by molar-refractivity contribution is 5.74. The summed E-state index contributed by atoms with van der Waals surface area (Å²) in [7, 11) is 0. The van der Waals surface area contributed by atoms with E-state index in [1.807, 2.05) is 12.1 Å². The Morgan fingerprint density at radius 2 is 2.07 bits per heavy atom. The van der Waals surface area contributed by atoms with Crippen LogP contribution in [0.2, 0.25) is 0 Å². The van der Waals surface area contributed by atoms with Crippen molar-refractivity contribution in [2.45, 2.75) is 32.6 Å². The van der Waals surface area contributed by atoms with E-state index in [1.165, 1.54) is 19.3 Å². The summed E-state index contributed by atoms with van der Waals surface area (Å²) in [6.07, 6.45) is 6.63. The number of hydrogen-bond donors (Lipinski definition) is 0. The highest BCUT2D eigenvalue weighted by atomic mass is 14.8. The van der Waals surface area contributed by atoms with Crippen LogP contribution < -0.4 is 0 Å². The lowest BCUT2D eigenvalue weighted by Gasteiger charge is -2.01. The third-order valence-corrected chi connectivity index (χ3v) is 2.56. The Morgan fingerprint density at radius 3 is 2.93 bits per heavy atom. The van der Waals surface area contributed by atoms with Gasteiger partial charge in [-0.15, -0.1) is 0 Å². The van der Waals surface area contributed by atoms with Crippen molar-refractivity contribution in [2.75, 3.05) is 0 Å². The smallest absolute Gasteiger partial charge is 0.159 e. The minimum Gasteiger partial charge on any atom is -0.237 e. The molecule has 0 fully saturated rings. The maximum absolute atomic E-state index is 4.54. The van der Waals surface area contributed by atoms with Crippen molar-refractivity contribution in [3.05, 3.63) is 36.2 Å². The summed E-state index contributed by atoms with van der Waals surface area (Å²) in [5.74, 6) is 0. The zero-order valence-electron chi connectivity index (χ0n) is 9.11. The fraction of sp³-hybridized carbons (Fsp3) is 0.385. The molecule has 0 spiro atoms. The van der Waals surface area contributed by atoms with Crippen molar-refractivity contribution in [2.24, 2.45) is 0 Å². The van der Waals surface area contributed by atoms with Gasteiger partial charge in [0.05, 0.1) is 0 Å². The van der Waals surface area contributed by atoms with Crippen molar-refractivity contribution in [3.63, 3.8) is 0 Å². The summed E-state index contributed by atoms with van der Waals surface area (Å²) in [6, 6.07) is 8.21. The number of hydrogen-bond acceptors (Lipinski definition) is 2. The van der Waals surface area contributed by atoms with Crippen molar-refractivity contribution in [1.29, 1.82) is 0 Å². The summed E-state index contributed by atoms with van der Waals surface area (Å²) in [5.41, 5.74) is 2.03. The van der Waals surface area contributed by atoms with Crippen LogP contribution >= 0.6 is 0 Å². The number of pyridine rings is 2. The molecule has 2 heterocycles. The molecule has 0 unspecified atom stereocenters. The van der Waals surface area contributed by atoms with E-state index in [9.17, 15) is 0 Å². The molecule has 15 heavy (non-hydrogen) atoms. The Bertz CT molecular complexity index is 437. The van der Waals surface area contributed by atoms with Crippen molar-refractivity contribution >= 4 is 11.0 Å². The fourth-order valence-corrected chi connectivity index (χ4v) is 1.69. The number of aryl methyl sites for hydroxylation is 1. The average Bonchev–Trinajstić information content (AvgIpc) is 2.29. The van der Waals surface area contributed by atoms with Crippen LogP contribution in [0.3, 0.4) is 0 Å². The van der Waals surface area contributed by atoms with Crippen LogP contribution in [0.25, 0.3) is 11.0 Å². The molecule has 0 amide bonds. The molecular weight excluding hydrogens is 184 g/mol. The molecule has 0 N–H and O–H groups in total. The van der Waals surface area contributed by atoms with Crippen LogP contribution in [0, 0.1) is 0 Å². The normalized spacial score (nSPS) is 10.7. The van der Waals surface area contributed by atoms with Gasteiger partial charge in [0.25, 0.3) is 0 Å². The summed E-state index contributed by atoms with van der Waals surface area (Å²) in [6.45, 7) is 2.22. The molecule has 0 radical (unpaired) electrons. The number of unbranched alkanes of at least 4 members (excludes halogenated alkanes) is 2. The molecular formula is C13H16N2. The summed E-state index contributed by atoms with van der Waals surface area (Å²) < 4.78 is 0. The number of nitrogens with zero attached hydrogens (tertiary/aromatic N) is 2. The fourth-order valence-electron chi connectivity index (χ4n) is 1.69. The van der Waals surface area contributed by atoms with Gasteiger partial charge in [-0.2, -0.15) is 0 Å². The predicted octanol–water partition coefficient (Wildman–Crippen LogP) is 3.36. The van der Waals surface area contributed by atoms with Gasteiger partial charge in [0.2, 0.25) is 0 Å². The Hall–Kier alpha value is -1.44. The van der Waals surface area contributed by atoms with Gasteiger partial charge < -0.3 is 0 Å². The molecule has 2 nitrogen and oxygen atoms in total. The van der Waals surface area contributed by atoms with Gasteiger partial charge in [0.1, 0.15) is 0 Å². The first-order valence-corrected chi connectivity index (χ1v) is 5.61. The van der Waals surface area contributed by atoms with Crippen LogP contribution in [0.5, 0.6) is 0 Å². The van der Waals surface area contributed by atoms with Gasteiger partial charge in [-0.3, -0.25) is 0 Å². The molecule has 0 saturated heterocycles. The average molecular weight is 200 g/mol. The first kappa shape index (κ1) is 10.1. The van der Waals surface area contributed by atoms with E-state index in [1.54, 1.807) is 6.20 Å². The molecule has 78 valence electrons. The van der Waals surface area contributed by atoms with Crippen molar-refractivity contribution in [3.8, 4) is 0 Å². The lowest BCUT2D eigenvalue weighted by molar-refractivity contribution is 0.708. The molecule has 0 atom stereocenters. The van der Waals surface area contributed by atoms with Gasteiger partial charge in [0.15, 0.2) is 5.65 Å². The standard InChI is InChI=1S/C13H16N2/c1-2-3-4-7-12-9-8-11-6-5-10-14-13(11)15-12/h5-6,8-10H,2-4,7H2,1H3. The number of rotatable bonds is 4. The molecule has 2 heteroatoms. The van der Waals surface area contributed by atoms with E-state index >= 15 is 0 Å². The highest BCUT2D eigenvalue weighted by Crippen LogP contribution is 2.11. The van der Waals surface area contributed by atoms with E-state index in [0.717, 1.165) is 23.1 Å². The molecule has 0 aliphatic rings. The lowest BCUT2D eigenvalue weighted by Crippen LogP contribution is -1.92. The topological polar surface area (TPSA) is 25.8 Å². The summed E-state index contributed by atoms with van der Waals surface area (Å²) >= 11 is 0. The van der Waals surface area contributed by atoms with Crippen molar-refractivity contribution < 1.29 is 0 Å². The Morgan fingerprint density at radius 1 is 1.13 bits per heavy atom. The molecule has 0 saturated carbocycles. The van der Waals surface area contributed by atoms with Gasteiger partial charge in [-0.1, -0.05) is 19.8 Å². The maximum atomic E-state index is 4.54. The van der Waals surface area contributed by atoms with Crippen molar-refractivity contribution in [1.82, 2.24) is 9.97 Å². The second kappa shape index (κ2) is 4.87. The zero-order chi connectivity index (χ0) is 10.5. The highest BCUT2D eigenvalue weighted by Gasteiger charge is 1.98. The molecule has 0 aliphatic heterocycles. The summed E-state index contributed by atoms with van der Waals surface area (Å²) in [4.78, 5) is 8.79. The Labute approximate surface area is 90.4 Å². The number of aromatic nitrogens is 2. The largest absolute Gasteiger partial charge is 0.237 e. The van der Waals surface area contributed by atoms with Crippen LogP contribution in [0.15, 0.2) is 30.5 Å². The van der Waals surface area contributed by atoms with E-state index in [4.69, 9.17) is 0 Å². The van der Waals surface area contributed by atoms with E-state index in [0.29, 0.717) is 0 Å². The summed E-state index contributed by atoms with van der Waals surface area (Å²) in [5, 5.41) is 1.12. The third-order valence-electron chi connectivity index (χ3n) is 2.56. The minimum atomic E-state index is 0.867. The van der Waals surface area contributed by atoms with Crippen LogP contribution in [0.4, 0.5) is 0 Å². The number of fused-ring (bicyclic) bond motifs is 1. The van der Waals surface area contributed by atoms with Crippen LogP contribution in [-0.4, -0.2) is 9.97 Å². The first-order chi connectivity index (χ1) is 7.40. The minimum absolute atomic E-state index is 0.867. The molecule has 0 aliphatic carbocycles. The second-order valence-corrected chi connectivity index (χ2v) is 3.81.